The van der Waals surface area contributed by atoms with Crippen molar-refractivity contribution in [1.82, 2.24) is 0 Å². The van der Waals surface area contributed by atoms with Gasteiger partial charge in [0.15, 0.2) is 0 Å². The van der Waals surface area contributed by atoms with E-state index in [4.69, 9.17) is 0 Å². The quantitative estimate of drug-likeness (QED) is 0.494. The van der Waals surface area contributed by atoms with Gasteiger partial charge in [-0.25, -0.2) is 0 Å². The molecular weight excluding hydrogens is 446 g/mol. The van der Waals surface area contributed by atoms with Gasteiger partial charge in [0.25, 0.3) is 0 Å². The van der Waals surface area contributed by atoms with Crippen LogP contribution >= 0.6 is 11.3 Å². The Labute approximate surface area is 203 Å². The maximum absolute atomic E-state index is 13.5. The molecule has 2 atom stereocenters. The Morgan fingerprint density at radius 2 is 1.62 bits per heavy atom. The van der Waals surface area contributed by atoms with Crippen LogP contribution in [0.3, 0.4) is 0 Å². The van der Waals surface area contributed by atoms with E-state index in [1.807, 2.05) is 66.9 Å². The first-order valence-corrected chi connectivity index (χ1v) is 12.5. The lowest BCUT2D eigenvalue weighted by Crippen LogP contribution is -2.46. The third kappa shape index (κ3) is 4.75. The van der Waals surface area contributed by atoms with Gasteiger partial charge in [-0.3, -0.25) is 14.4 Å². The number of anilines is 3. The molecule has 2 fully saturated rings. The molecule has 34 heavy (non-hydrogen) atoms. The Balaban J connectivity index is 1.40. The number of benzene rings is 2. The Hall–Kier alpha value is -3.45. The van der Waals surface area contributed by atoms with Gasteiger partial charge >= 0.3 is 0 Å². The van der Waals surface area contributed by atoms with Crippen LogP contribution in [0.1, 0.15) is 42.2 Å². The minimum Gasteiger partial charge on any atom is -0.326 e. The fourth-order valence-electron chi connectivity index (χ4n) is 4.46. The van der Waals surface area contributed by atoms with Crippen molar-refractivity contribution < 1.29 is 14.4 Å². The number of nitrogens with zero attached hydrogens (tertiary/aromatic N) is 1. The highest BCUT2D eigenvalue weighted by Gasteiger charge is 2.42. The van der Waals surface area contributed by atoms with Crippen LogP contribution in [0.4, 0.5) is 17.1 Å². The second-order valence-electron chi connectivity index (χ2n) is 9.04. The normalized spacial score (nSPS) is 20.1. The molecule has 174 valence electrons. The highest BCUT2D eigenvalue weighted by Crippen LogP contribution is 2.42. The van der Waals surface area contributed by atoms with Crippen LogP contribution < -0.4 is 15.5 Å². The minimum atomic E-state index is -0.401. The molecule has 1 aliphatic carbocycles. The average molecular weight is 474 g/mol. The Bertz CT molecular complexity index is 1200. The van der Waals surface area contributed by atoms with E-state index >= 15 is 0 Å². The van der Waals surface area contributed by atoms with Crippen molar-refractivity contribution in [2.24, 2.45) is 11.8 Å². The lowest BCUT2D eigenvalue weighted by molar-refractivity contribution is -0.126. The van der Waals surface area contributed by atoms with Crippen LogP contribution in [0.15, 0.2) is 66.0 Å². The monoisotopic (exact) mass is 473 g/mol. The first kappa shape index (κ1) is 22.3. The number of piperidine rings is 1. The van der Waals surface area contributed by atoms with Gasteiger partial charge in [-0.05, 0) is 68.0 Å². The maximum Gasteiger partial charge on any atom is 0.229 e. The lowest BCUT2D eigenvalue weighted by Gasteiger charge is -2.40. The zero-order chi connectivity index (χ0) is 23.7. The second kappa shape index (κ2) is 9.43. The van der Waals surface area contributed by atoms with Crippen molar-refractivity contribution in [2.75, 3.05) is 15.5 Å². The molecule has 1 saturated carbocycles. The Morgan fingerprint density at radius 1 is 0.912 bits per heavy atom. The lowest BCUT2D eigenvalue weighted by atomic mass is 9.86. The SMILES string of the molecule is Cc1ccc(N2C(=O)CCC(C(=O)Nc3cccc(NC(=O)C4CC4)c3)C2c2cccs2)cc1. The summed E-state index contributed by atoms with van der Waals surface area (Å²) in [4.78, 5) is 41.5. The average Bonchev–Trinajstić information content (AvgIpc) is 3.54. The Kier molecular flexibility index (Phi) is 6.20. The molecule has 1 aliphatic heterocycles. The highest BCUT2D eigenvalue weighted by atomic mass is 32.1. The van der Waals surface area contributed by atoms with E-state index < -0.39 is 5.92 Å². The Morgan fingerprint density at radius 3 is 2.26 bits per heavy atom. The van der Waals surface area contributed by atoms with Crippen molar-refractivity contribution in [3.8, 4) is 0 Å². The molecule has 3 amide bonds. The zero-order valence-electron chi connectivity index (χ0n) is 19.0. The number of nitrogens with one attached hydrogen (secondary N) is 2. The third-order valence-electron chi connectivity index (χ3n) is 6.43. The van der Waals surface area contributed by atoms with Crippen LogP contribution in [0.25, 0.3) is 0 Å². The largest absolute Gasteiger partial charge is 0.326 e. The summed E-state index contributed by atoms with van der Waals surface area (Å²) in [5, 5.41) is 7.94. The van der Waals surface area contributed by atoms with E-state index in [1.54, 1.807) is 22.3 Å². The van der Waals surface area contributed by atoms with Gasteiger partial charge in [-0.1, -0.05) is 29.8 Å². The van der Waals surface area contributed by atoms with Gasteiger partial charge in [0, 0.05) is 34.3 Å². The maximum atomic E-state index is 13.5. The fourth-order valence-corrected chi connectivity index (χ4v) is 5.34. The molecule has 3 aromatic rings. The molecule has 0 spiro atoms. The highest BCUT2D eigenvalue weighted by molar-refractivity contribution is 7.10. The number of hydrogen-bond donors (Lipinski definition) is 2. The first-order chi connectivity index (χ1) is 16.5. The predicted molar refractivity (Wildman–Crippen MR) is 135 cm³/mol. The van der Waals surface area contributed by atoms with E-state index in [9.17, 15) is 14.4 Å². The van der Waals surface area contributed by atoms with Crippen molar-refractivity contribution in [3.05, 3.63) is 76.5 Å². The standard InChI is InChI=1S/C27H27N3O3S/c1-17-7-11-21(12-8-17)30-24(31)14-13-22(25(30)23-6-3-15-34-23)27(33)29-20-5-2-4-19(16-20)28-26(32)18-9-10-18/h2-8,11-12,15-16,18,22,25H,9-10,13-14H2,1H3,(H,28,32)(H,29,33). The van der Waals surface area contributed by atoms with Gasteiger partial charge in [-0.15, -0.1) is 11.3 Å². The van der Waals surface area contributed by atoms with Gasteiger partial charge < -0.3 is 15.5 Å². The van der Waals surface area contributed by atoms with E-state index in [-0.39, 0.29) is 29.7 Å². The minimum absolute atomic E-state index is 0.0242. The number of thiophene rings is 1. The second-order valence-corrected chi connectivity index (χ2v) is 10.0. The van der Waals surface area contributed by atoms with Crippen LogP contribution in [0.2, 0.25) is 0 Å². The number of carbonyl (C=O) groups is 3. The summed E-state index contributed by atoms with van der Waals surface area (Å²) in [5.41, 5.74) is 3.21. The molecule has 1 saturated heterocycles. The van der Waals surface area contributed by atoms with Crippen molar-refractivity contribution in [2.45, 2.75) is 38.6 Å². The summed E-state index contributed by atoms with van der Waals surface area (Å²) in [5.74, 6) is -0.370. The van der Waals surface area contributed by atoms with Crippen LogP contribution in [-0.4, -0.2) is 17.7 Å². The van der Waals surface area contributed by atoms with Crippen molar-refractivity contribution >= 4 is 46.1 Å². The van der Waals surface area contributed by atoms with Gasteiger partial charge in [0.1, 0.15) is 0 Å². The van der Waals surface area contributed by atoms with Crippen LogP contribution in [0, 0.1) is 18.8 Å². The smallest absolute Gasteiger partial charge is 0.229 e. The summed E-state index contributed by atoms with van der Waals surface area (Å²) in [7, 11) is 0. The summed E-state index contributed by atoms with van der Waals surface area (Å²) in [6.07, 6.45) is 2.66. The molecule has 0 bridgehead atoms. The van der Waals surface area contributed by atoms with E-state index in [1.165, 1.54) is 0 Å². The molecule has 2 aliphatic rings. The molecule has 6 nitrogen and oxygen atoms in total. The summed E-state index contributed by atoms with van der Waals surface area (Å²) >= 11 is 1.56. The molecule has 7 heteroatoms. The molecular formula is C27H27N3O3S. The van der Waals surface area contributed by atoms with E-state index in [0.717, 1.165) is 29.0 Å². The summed E-state index contributed by atoms with van der Waals surface area (Å²) in [6, 6.07) is 18.7. The molecule has 5 rings (SSSR count). The topological polar surface area (TPSA) is 78.5 Å². The van der Waals surface area contributed by atoms with Gasteiger partial charge in [-0.2, -0.15) is 0 Å². The zero-order valence-corrected chi connectivity index (χ0v) is 19.8. The van der Waals surface area contributed by atoms with Crippen LogP contribution in [0.5, 0.6) is 0 Å². The number of carbonyl (C=O) groups excluding carboxylic acids is 3. The number of aryl methyl sites for hydroxylation is 1. The summed E-state index contributed by atoms with van der Waals surface area (Å²) in [6.45, 7) is 2.01. The first-order valence-electron chi connectivity index (χ1n) is 11.6. The molecule has 1 aromatic heterocycles. The third-order valence-corrected chi connectivity index (χ3v) is 7.37. The molecule has 2 aromatic carbocycles. The number of amides is 3. The van der Waals surface area contributed by atoms with Crippen molar-refractivity contribution in [1.29, 1.82) is 0 Å². The van der Waals surface area contributed by atoms with Crippen molar-refractivity contribution in [3.63, 3.8) is 0 Å². The van der Waals surface area contributed by atoms with Crippen LogP contribution in [-0.2, 0) is 14.4 Å². The fraction of sp³-hybridized carbons (Fsp3) is 0.296. The molecule has 0 radical (unpaired) electrons. The van der Waals surface area contributed by atoms with Gasteiger partial charge in [0.05, 0.1) is 12.0 Å². The predicted octanol–water partition coefficient (Wildman–Crippen LogP) is 5.53. The van der Waals surface area contributed by atoms with E-state index in [2.05, 4.69) is 10.6 Å². The molecule has 2 heterocycles. The van der Waals surface area contributed by atoms with Gasteiger partial charge in [0.2, 0.25) is 17.7 Å². The summed E-state index contributed by atoms with van der Waals surface area (Å²) < 4.78 is 0. The molecule has 2 N–H and O–H groups in total. The number of rotatable bonds is 6. The number of hydrogen-bond acceptors (Lipinski definition) is 4. The molecule has 2 unspecified atom stereocenters. The van der Waals surface area contributed by atoms with E-state index in [0.29, 0.717) is 24.2 Å².